The quantitative estimate of drug-likeness (QED) is 0.417. The number of anilines is 2. The molecule has 5 rings (SSSR count). The lowest BCUT2D eigenvalue weighted by atomic mass is 10.2. The molecule has 38 heavy (non-hydrogen) atoms. The largest absolute Gasteiger partial charge is 0.483 e. The van der Waals surface area contributed by atoms with Crippen LogP contribution in [0.4, 0.5) is 16.2 Å². The summed E-state index contributed by atoms with van der Waals surface area (Å²) in [4.78, 5) is 51.3. The normalized spacial score (nSPS) is 15.1. The number of hydrogen-bond donors (Lipinski definition) is 2. The summed E-state index contributed by atoms with van der Waals surface area (Å²) in [5, 5.41) is 4.81. The Morgan fingerprint density at radius 2 is 1.63 bits per heavy atom. The Balaban J connectivity index is 1.21. The van der Waals surface area contributed by atoms with Crippen LogP contribution in [0.3, 0.4) is 0 Å². The summed E-state index contributed by atoms with van der Waals surface area (Å²) < 4.78 is 16.2. The highest BCUT2D eigenvalue weighted by Crippen LogP contribution is 2.35. The van der Waals surface area contributed by atoms with Gasteiger partial charge in [-0.05, 0) is 48.2 Å². The number of nitrogens with one attached hydrogen (secondary N) is 2. The molecule has 1 fully saturated rings. The molecule has 0 bridgehead atoms. The zero-order valence-corrected chi connectivity index (χ0v) is 20.7. The van der Waals surface area contributed by atoms with Crippen LogP contribution in [0.15, 0.2) is 77.7 Å². The van der Waals surface area contributed by atoms with Gasteiger partial charge >= 0.3 is 0 Å². The highest BCUT2D eigenvalue weighted by molar-refractivity contribution is 8.18. The fraction of sp³-hybridized carbons (Fsp3) is 0.111. The number of imide groups is 1. The Bertz CT molecular complexity index is 1440. The van der Waals surface area contributed by atoms with E-state index in [0.717, 1.165) is 16.7 Å². The van der Waals surface area contributed by atoms with Gasteiger partial charge in [0, 0.05) is 23.0 Å². The van der Waals surface area contributed by atoms with E-state index in [-0.39, 0.29) is 24.2 Å². The number of thioether (sulfide) groups is 1. The van der Waals surface area contributed by atoms with Crippen molar-refractivity contribution in [2.45, 2.75) is 0 Å². The molecule has 10 nitrogen and oxygen atoms in total. The first-order valence-corrected chi connectivity index (χ1v) is 12.3. The zero-order chi connectivity index (χ0) is 26.5. The van der Waals surface area contributed by atoms with Crippen molar-refractivity contribution in [2.24, 2.45) is 0 Å². The number of amides is 4. The van der Waals surface area contributed by atoms with Crippen molar-refractivity contribution in [1.82, 2.24) is 4.90 Å². The summed E-state index contributed by atoms with van der Waals surface area (Å²) in [6, 6.07) is 20.7. The standard InChI is InChI=1S/C27H21N3O7S/c31-24(29-19-10-11-21-22(13-19)37-16-36-21)14-30-26(33)23(38-27(30)34)12-17-6-4-5-9-20(17)35-15-25(32)28-18-7-2-1-3-8-18/h1-13H,14-16H2,(H,28,32)(H,29,31)/b23-12+. The summed E-state index contributed by atoms with van der Waals surface area (Å²) in [5.41, 5.74) is 1.60. The molecular weight excluding hydrogens is 510 g/mol. The Hall–Kier alpha value is -4.77. The van der Waals surface area contributed by atoms with E-state index in [1.54, 1.807) is 66.7 Å². The van der Waals surface area contributed by atoms with E-state index in [2.05, 4.69) is 10.6 Å². The van der Waals surface area contributed by atoms with E-state index >= 15 is 0 Å². The molecule has 0 atom stereocenters. The van der Waals surface area contributed by atoms with Gasteiger partial charge < -0.3 is 24.8 Å². The minimum absolute atomic E-state index is 0.102. The molecule has 1 saturated heterocycles. The SMILES string of the molecule is O=C(COc1ccccc1/C=C1/SC(=O)N(CC(=O)Nc2ccc3c(c2)OCO3)C1=O)Nc1ccccc1. The smallest absolute Gasteiger partial charge is 0.294 e. The Morgan fingerprint density at radius 1 is 0.895 bits per heavy atom. The lowest BCUT2D eigenvalue weighted by molar-refractivity contribution is -0.127. The van der Waals surface area contributed by atoms with Crippen LogP contribution >= 0.6 is 11.8 Å². The third-order valence-corrected chi connectivity index (χ3v) is 6.36. The number of hydrogen-bond acceptors (Lipinski definition) is 8. The van der Waals surface area contributed by atoms with Crippen LogP contribution in [-0.2, 0) is 14.4 Å². The average molecular weight is 532 g/mol. The molecular formula is C27H21N3O7S. The number of nitrogens with zero attached hydrogens (tertiary/aromatic N) is 1. The van der Waals surface area contributed by atoms with Crippen LogP contribution in [0.2, 0.25) is 0 Å². The van der Waals surface area contributed by atoms with Gasteiger partial charge in [-0.15, -0.1) is 0 Å². The van der Waals surface area contributed by atoms with Crippen molar-refractivity contribution in [3.05, 3.63) is 83.3 Å². The summed E-state index contributed by atoms with van der Waals surface area (Å²) in [5.74, 6) is -0.0589. The fourth-order valence-electron chi connectivity index (χ4n) is 3.69. The third-order valence-electron chi connectivity index (χ3n) is 5.45. The van der Waals surface area contributed by atoms with Crippen LogP contribution in [0.25, 0.3) is 6.08 Å². The maximum atomic E-state index is 12.9. The molecule has 4 amide bonds. The van der Waals surface area contributed by atoms with Crippen LogP contribution in [0.5, 0.6) is 17.2 Å². The van der Waals surface area contributed by atoms with E-state index in [1.165, 1.54) is 6.08 Å². The van der Waals surface area contributed by atoms with Crippen molar-refractivity contribution in [1.29, 1.82) is 0 Å². The van der Waals surface area contributed by atoms with Crippen molar-refractivity contribution < 1.29 is 33.4 Å². The van der Waals surface area contributed by atoms with Gasteiger partial charge in [0.05, 0.1) is 4.91 Å². The van der Waals surface area contributed by atoms with Gasteiger partial charge in [0.1, 0.15) is 12.3 Å². The third kappa shape index (κ3) is 5.79. The van der Waals surface area contributed by atoms with Gasteiger partial charge in [-0.3, -0.25) is 24.1 Å². The summed E-state index contributed by atoms with van der Waals surface area (Å²) in [6.45, 7) is -0.597. The highest BCUT2D eigenvalue weighted by atomic mass is 32.2. The molecule has 2 aliphatic rings. The van der Waals surface area contributed by atoms with E-state index < -0.39 is 23.6 Å². The molecule has 2 heterocycles. The number of para-hydroxylation sites is 2. The lowest BCUT2D eigenvalue weighted by Gasteiger charge is -2.13. The summed E-state index contributed by atoms with van der Waals surface area (Å²) >= 11 is 0.723. The van der Waals surface area contributed by atoms with Crippen molar-refractivity contribution in [3.63, 3.8) is 0 Å². The molecule has 0 saturated carbocycles. The minimum Gasteiger partial charge on any atom is -0.483 e. The van der Waals surface area contributed by atoms with E-state index in [1.807, 2.05) is 6.07 Å². The first-order valence-electron chi connectivity index (χ1n) is 11.5. The zero-order valence-electron chi connectivity index (χ0n) is 19.8. The first kappa shape index (κ1) is 24.9. The molecule has 0 radical (unpaired) electrons. The Labute approximate surface area is 221 Å². The maximum absolute atomic E-state index is 12.9. The van der Waals surface area contributed by atoms with Crippen molar-refractivity contribution >= 4 is 52.2 Å². The van der Waals surface area contributed by atoms with Gasteiger partial charge in [0.2, 0.25) is 12.7 Å². The van der Waals surface area contributed by atoms with Crippen LogP contribution in [0.1, 0.15) is 5.56 Å². The molecule has 11 heteroatoms. The van der Waals surface area contributed by atoms with Gasteiger partial charge in [-0.2, -0.15) is 0 Å². The van der Waals surface area contributed by atoms with Gasteiger partial charge in [-0.25, -0.2) is 0 Å². The monoisotopic (exact) mass is 531 g/mol. The molecule has 3 aromatic rings. The van der Waals surface area contributed by atoms with E-state index in [9.17, 15) is 19.2 Å². The second-order valence-corrected chi connectivity index (χ2v) is 9.12. The van der Waals surface area contributed by atoms with Gasteiger partial charge in [-0.1, -0.05) is 36.4 Å². The molecule has 0 spiro atoms. The lowest BCUT2D eigenvalue weighted by Crippen LogP contribution is -2.36. The van der Waals surface area contributed by atoms with Crippen LogP contribution in [0, 0.1) is 0 Å². The Kier molecular flexibility index (Phi) is 7.27. The van der Waals surface area contributed by atoms with Crippen molar-refractivity contribution in [2.75, 3.05) is 30.6 Å². The van der Waals surface area contributed by atoms with Gasteiger partial charge in [0.15, 0.2) is 18.1 Å². The minimum atomic E-state index is -0.600. The van der Waals surface area contributed by atoms with E-state index in [4.69, 9.17) is 14.2 Å². The molecule has 0 unspecified atom stereocenters. The number of carbonyl (C=O) groups excluding carboxylic acids is 4. The molecule has 192 valence electrons. The summed E-state index contributed by atoms with van der Waals surface area (Å²) in [6.07, 6.45) is 1.51. The molecule has 3 aromatic carbocycles. The number of carbonyl (C=O) groups is 4. The number of ether oxygens (including phenoxy) is 3. The summed E-state index contributed by atoms with van der Waals surface area (Å²) in [7, 11) is 0. The Morgan fingerprint density at radius 3 is 2.47 bits per heavy atom. The molecule has 2 aliphatic heterocycles. The topological polar surface area (TPSA) is 123 Å². The van der Waals surface area contributed by atoms with E-state index in [0.29, 0.717) is 34.2 Å². The predicted molar refractivity (Wildman–Crippen MR) is 141 cm³/mol. The maximum Gasteiger partial charge on any atom is 0.294 e. The average Bonchev–Trinajstić information content (AvgIpc) is 3.48. The number of fused-ring (bicyclic) bond motifs is 1. The fourth-order valence-corrected chi connectivity index (χ4v) is 4.52. The second kappa shape index (κ2) is 11.1. The second-order valence-electron chi connectivity index (χ2n) is 8.12. The van der Waals surface area contributed by atoms with Crippen molar-refractivity contribution in [3.8, 4) is 17.2 Å². The van der Waals surface area contributed by atoms with Gasteiger partial charge in [0.25, 0.3) is 17.1 Å². The number of benzene rings is 3. The first-order chi connectivity index (χ1) is 18.5. The highest BCUT2D eigenvalue weighted by Gasteiger charge is 2.36. The number of rotatable bonds is 8. The molecule has 2 N–H and O–H groups in total. The molecule has 0 aliphatic carbocycles. The molecule has 0 aromatic heterocycles. The predicted octanol–water partition coefficient (Wildman–Crippen LogP) is 4.11. The van der Waals surface area contributed by atoms with Crippen LogP contribution < -0.4 is 24.8 Å². The van der Waals surface area contributed by atoms with Crippen LogP contribution in [-0.4, -0.2) is 47.8 Å².